The van der Waals surface area contributed by atoms with Crippen molar-refractivity contribution in [3.63, 3.8) is 0 Å². The Balaban J connectivity index is 2.32. The van der Waals surface area contributed by atoms with Gasteiger partial charge in [0.15, 0.2) is 0 Å². The zero-order valence-corrected chi connectivity index (χ0v) is 6.51. The van der Waals surface area contributed by atoms with E-state index in [-0.39, 0.29) is 0 Å². The highest BCUT2D eigenvalue weighted by Gasteiger charge is 2.26. The van der Waals surface area contributed by atoms with Crippen molar-refractivity contribution in [1.82, 2.24) is 19.6 Å². The third-order valence-electron chi connectivity index (χ3n) is 2.21. The fraction of sp³-hybridized carbons (Fsp3) is 0.375. The van der Waals surface area contributed by atoms with Crippen LogP contribution in [0.15, 0.2) is 18.6 Å². The molecule has 1 saturated carbocycles. The van der Waals surface area contributed by atoms with Gasteiger partial charge in [-0.25, -0.2) is 9.50 Å². The molecule has 0 radical (unpaired) electrons. The topological polar surface area (TPSA) is 43.1 Å². The zero-order valence-electron chi connectivity index (χ0n) is 6.51. The van der Waals surface area contributed by atoms with Crippen molar-refractivity contribution in [1.29, 1.82) is 0 Å². The van der Waals surface area contributed by atoms with Gasteiger partial charge in [-0.2, -0.15) is 10.1 Å². The van der Waals surface area contributed by atoms with E-state index in [9.17, 15) is 0 Å². The maximum Gasteiger partial charge on any atom is 0.252 e. The van der Waals surface area contributed by atoms with E-state index in [2.05, 4.69) is 15.1 Å². The van der Waals surface area contributed by atoms with E-state index in [0.717, 1.165) is 0 Å². The number of rotatable bonds is 1. The van der Waals surface area contributed by atoms with Crippen molar-refractivity contribution in [2.24, 2.45) is 0 Å². The summed E-state index contributed by atoms with van der Waals surface area (Å²) in [6.45, 7) is 0. The highest BCUT2D eigenvalue weighted by Crippen LogP contribution is 2.39. The molecule has 1 aliphatic carbocycles. The van der Waals surface area contributed by atoms with Gasteiger partial charge < -0.3 is 0 Å². The lowest BCUT2D eigenvalue weighted by molar-refractivity contribution is 0.841. The van der Waals surface area contributed by atoms with Gasteiger partial charge in [-0.05, 0) is 18.9 Å². The second-order valence-corrected chi connectivity index (χ2v) is 3.12. The summed E-state index contributed by atoms with van der Waals surface area (Å²) in [5.41, 5.74) is 1.25. The maximum atomic E-state index is 4.12. The molecule has 60 valence electrons. The molecule has 0 saturated heterocycles. The smallest absolute Gasteiger partial charge is 0.220 e. The molecule has 1 aliphatic rings. The summed E-state index contributed by atoms with van der Waals surface area (Å²) in [7, 11) is 0. The standard InChI is InChI=1S/C8H8N4/c1-2-6(1)7-3-4-9-8-10-5-11-12(7)8/h3-6H,1-2H2. The van der Waals surface area contributed by atoms with Crippen LogP contribution in [0.25, 0.3) is 5.78 Å². The number of hydrogen-bond donors (Lipinski definition) is 0. The van der Waals surface area contributed by atoms with E-state index in [1.165, 1.54) is 18.5 Å². The number of fused-ring (bicyclic) bond motifs is 1. The van der Waals surface area contributed by atoms with Gasteiger partial charge in [0.1, 0.15) is 6.33 Å². The van der Waals surface area contributed by atoms with Crippen LogP contribution in [-0.4, -0.2) is 19.6 Å². The predicted molar refractivity (Wildman–Crippen MR) is 42.8 cm³/mol. The maximum absolute atomic E-state index is 4.12. The summed E-state index contributed by atoms with van der Waals surface area (Å²) in [6.07, 6.45) is 5.91. The molecule has 0 unspecified atom stereocenters. The van der Waals surface area contributed by atoms with Crippen molar-refractivity contribution in [3.05, 3.63) is 24.3 Å². The summed E-state index contributed by atoms with van der Waals surface area (Å²) in [4.78, 5) is 8.13. The van der Waals surface area contributed by atoms with Crippen molar-refractivity contribution in [3.8, 4) is 0 Å². The Morgan fingerprint density at radius 3 is 3.08 bits per heavy atom. The lowest BCUT2D eigenvalue weighted by atomic mass is 10.3. The average Bonchev–Trinajstić information content (AvgIpc) is 2.82. The van der Waals surface area contributed by atoms with E-state index in [1.54, 1.807) is 12.5 Å². The Hall–Kier alpha value is -1.45. The highest BCUT2D eigenvalue weighted by molar-refractivity contribution is 5.29. The van der Waals surface area contributed by atoms with Gasteiger partial charge in [0.25, 0.3) is 5.78 Å². The molecule has 3 rings (SSSR count). The second kappa shape index (κ2) is 2.03. The number of aromatic nitrogens is 4. The van der Waals surface area contributed by atoms with Crippen LogP contribution < -0.4 is 0 Å². The summed E-state index contributed by atoms with van der Waals surface area (Å²) in [6, 6.07) is 2.03. The molecule has 0 bridgehead atoms. The van der Waals surface area contributed by atoms with Gasteiger partial charge in [-0.1, -0.05) is 0 Å². The van der Waals surface area contributed by atoms with Crippen molar-refractivity contribution < 1.29 is 0 Å². The summed E-state index contributed by atoms with van der Waals surface area (Å²) in [5, 5.41) is 4.12. The Kier molecular flexibility index (Phi) is 1.03. The molecule has 4 heteroatoms. The Labute approximate surface area is 69.3 Å². The van der Waals surface area contributed by atoms with Crippen LogP contribution in [0.2, 0.25) is 0 Å². The minimum absolute atomic E-state index is 0.692. The summed E-state index contributed by atoms with van der Waals surface area (Å²) >= 11 is 0. The van der Waals surface area contributed by atoms with Crippen LogP contribution in [0.1, 0.15) is 24.5 Å². The SMILES string of the molecule is c1cc(C2CC2)n2ncnc2n1. The fourth-order valence-electron chi connectivity index (χ4n) is 1.44. The molecule has 0 spiro atoms. The minimum Gasteiger partial charge on any atom is -0.220 e. The van der Waals surface area contributed by atoms with E-state index in [0.29, 0.717) is 11.7 Å². The van der Waals surface area contributed by atoms with E-state index < -0.39 is 0 Å². The van der Waals surface area contributed by atoms with E-state index in [1.807, 2.05) is 10.6 Å². The second-order valence-electron chi connectivity index (χ2n) is 3.12. The monoisotopic (exact) mass is 160 g/mol. The molecule has 2 heterocycles. The molecule has 1 fully saturated rings. The molecule has 0 amide bonds. The average molecular weight is 160 g/mol. The van der Waals surface area contributed by atoms with Gasteiger partial charge in [0.2, 0.25) is 0 Å². The molecule has 0 N–H and O–H groups in total. The number of nitrogens with zero attached hydrogens (tertiary/aromatic N) is 4. The first kappa shape index (κ1) is 6.11. The first-order valence-corrected chi connectivity index (χ1v) is 4.10. The molecule has 4 nitrogen and oxygen atoms in total. The van der Waals surface area contributed by atoms with Gasteiger partial charge in [0.05, 0.1) is 5.69 Å². The zero-order chi connectivity index (χ0) is 7.97. The van der Waals surface area contributed by atoms with Crippen molar-refractivity contribution in [2.75, 3.05) is 0 Å². The summed E-state index contributed by atoms with van der Waals surface area (Å²) in [5.74, 6) is 1.40. The third kappa shape index (κ3) is 0.747. The van der Waals surface area contributed by atoms with Crippen LogP contribution in [0, 0.1) is 0 Å². The number of hydrogen-bond acceptors (Lipinski definition) is 3. The van der Waals surface area contributed by atoms with Crippen LogP contribution in [-0.2, 0) is 0 Å². The highest BCUT2D eigenvalue weighted by atomic mass is 15.3. The lowest BCUT2D eigenvalue weighted by Gasteiger charge is -1.98. The molecule has 2 aromatic rings. The Morgan fingerprint density at radius 2 is 2.25 bits per heavy atom. The van der Waals surface area contributed by atoms with Gasteiger partial charge in [0, 0.05) is 12.1 Å². The van der Waals surface area contributed by atoms with Crippen LogP contribution in [0.4, 0.5) is 0 Å². The minimum atomic E-state index is 0.692. The van der Waals surface area contributed by atoms with Crippen LogP contribution in [0.5, 0.6) is 0 Å². The molecular weight excluding hydrogens is 152 g/mol. The quantitative estimate of drug-likeness (QED) is 0.625. The first-order valence-electron chi connectivity index (χ1n) is 4.10. The van der Waals surface area contributed by atoms with Crippen LogP contribution in [0.3, 0.4) is 0 Å². The molecule has 12 heavy (non-hydrogen) atoms. The fourth-order valence-corrected chi connectivity index (χ4v) is 1.44. The Morgan fingerprint density at radius 1 is 1.33 bits per heavy atom. The molecular formula is C8H8N4. The molecule has 0 aromatic carbocycles. The van der Waals surface area contributed by atoms with Crippen molar-refractivity contribution >= 4 is 5.78 Å². The Bertz CT molecular complexity index is 416. The predicted octanol–water partition coefficient (Wildman–Crippen LogP) is 1.00. The normalized spacial score (nSPS) is 17.0. The molecule has 0 aliphatic heterocycles. The lowest BCUT2D eigenvalue weighted by Crippen LogP contribution is -1.97. The third-order valence-corrected chi connectivity index (χ3v) is 2.21. The van der Waals surface area contributed by atoms with Gasteiger partial charge >= 0.3 is 0 Å². The first-order chi connectivity index (χ1) is 5.95. The van der Waals surface area contributed by atoms with E-state index >= 15 is 0 Å². The molecule has 2 aromatic heterocycles. The van der Waals surface area contributed by atoms with Crippen molar-refractivity contribution in [2.45, 2.75) is 18.8 Å². The van der Waals surface area contributed by atoms with Gasteiger partial charge in [-0.3, -0.25) is 0 Å². The van der Waals surface area contributed by atoms with E-state index in [4.69, 9.17) is 0 Å². The summed E-state index contributed by atoms with van der Waals surface area (Å²) < 4.78 is 1.83. The molecule has 0 atom stereocenters. The largest absolute Gasteiger partial charge is 0.252 e. The van der Waals surface area contributed by atoms with Crippen LogP contribution >= 0.6 is 0 Å². The van der Waals surface area contributed by atoms with Gasteiger partial charge in [-0.15, -0.1) is 0 Å².